The molecule has 1 fully saturated rings. The number of ether oxygens (including phenoxy) is 2. The van der Waals surface area contributed by atoms with Crippen LogP contribution in [-0.2, 0) is 17.9 Å². The van der Waals surface area contributed by atoms with Gasteiger partial charge < -0.3 is 18.9 Å². The average molecular weight is 407 g/mol. The van der Waals surface area contributed by atoms with Crippen molar-refractivity contribution < 1.29 is 18.7 Å². The van der Waals surface area contributed by atoms with Crippen molar-refractivity contribution in [3.8, 4) is 17.0 Å². The molecule has 2 aliphatic heterocycles. The molecule has 1 unspecified atom stereocenters. The molecule has 1 amide bonds. The molecule has 1 spiro atoms. The molecule has 2 aromatic carbocycles. The standard InChI is InChI=1S/C23H22FN3O3/c1-29-17-8-6-16(7-9-17)20-12-25-21-13-30-23(15-27(20)21)10-11-26(14-23)22(28)18-4-2-3-5-19(18)24/h2-9,12H,10-11,13-15H2,1H3. The number of rotatable bonds is 3. The predicted octanol–water partition coefficient (Wildman–Crippen LogP) is 3.51. The normalized spacial score (nSPS) is 20.4. The monoisotopic (exact) mass is 407 g/mol. The molecule has 1 saturated heterocycles. The lowest BCUT2D eigenvalue weighted by molar-refractivity contribution is -0.0804. The van der Waals surface area contributed by atoms with Gasteiger partial charge >= 0.3 is 0 Å². The topological polar surface area (TPSA) is 56.6 Å². The van der Waals surface area contributed by atoms with E-state index in [0.29, 0.717) is 32.7 Å². The van der Waals surface area contributed by atoms with Crippen LogP contribution in [0.15, 0.2) is 54.7 Å². The second-order valence-corrected chi connectivity index (χ2v) is 7.80. The van der Waals surface area contributed by atoms with Crippen molar-refractivity contribution in [2.24, 2.45) is 0 Å². The number of nitrogens with zero attached hydrogens (tertiary/aromatic N) is 3. The van der Waals surface area contributed by atoms with Crippen LogP contribution in [0, 0.1) is 5.82 Å². The molecule has 0 bridgehead atoms. The van der Waals surface area contributed by atoms with E-state index in [1.165, 1.54) is 12.1 Å². The molecule has 1 atom stereocenters. The Kier molecular flexibility index (Phi) is 4.55. The van der Waals surface area contributed by atoms with E-state index in [1.807, 2.05) is 30.5 Å². The zero-order chi connectivity index (χ0) is 20.7. The Hall–Kier alpha value is -3.19. The van der Waals surface area contributed by atoms with E-state index in [9.17, 15) is 9.18 Å². The van der Waals surface area contributed by atoms with Gasteiger partial charge in [0, 0.05) is 12.1 Å². The van der Waals surface area contributed by atoms with Gasteiger partial charge in [0.15, 0.2) is 0 Å². The summed E-state index contributed by atoms with van der Waals surface area (Å²) in [6, 6.07) is 14.0. The Morgan fingerprint density at radius 3 is 2.73 bits per heavy atom. The first-order chi connectivity index (χ1) is 14.6. The molecule has 7 heteroatoms. The summed E-state index contributed by atoms with van der Waals surface area (Å²) in [5.41, 5.74) is 1.67. The van der Waals surface area contributed by atoms with E-state index in [1.54, 1.807) is 24.1 Å². The quantitative estimate of drug-likeness (QED) is 0.667. The fourth-order valence-corrected chi connectivity index (χ4v) is 4.32. The molecule has 3 aromatic rings. The molecule has 154 valence electrons. The molecule has 1 aromatic heterocycles. The van der Waals surface area contributed by atoms with Crippen LogP contribution in [0.4, 0.5) is 4.39 Å². The number of benzene rings is 2. The molecule has 0 N–H and O–H groups in total. The Morgan fingerprint density at radius 1 is 1.17 bits per heavy atom. The van der Waals surface area contributed by atoms with Gasteiger partial charge in [0.1, 0.15) is 29.6 Å². The Morgan fingerprint density at radius 2 is 1.97 bits per heavy atom. The van der Waals surface area contributed by atoms with Crippen LogP contribution in [0.1, 0.15) is 22.6 Å². The van der Waals surface area contributed by atoms with Crippen molar-refractivity contribution in [1.82, 2.24) is 14.5 Å². The number of carbonyl (C=O) groups is 1. The van der Waals surface area contributed by atoms with Gasteiger partial charge in [0.2, 0.25) is 0 Å². The van der Waals surface area contributed by atoms with Crippen LogP contribution < -0.4 is 4.74 Å². The van der Waals surface area contributed by atoms with E-state index in [2.05, 4.69) is 9.55 Å². The van der Waals surface area contributed by atoms with E-state index >= 15 is 0 Å². The van der Waals surface area contributed by atoms with Gasteiger partial charge in [-0.3, -0.25) is 4.79 Å². The number of amides is 1. The number of likely N-dealkylation sites (tertiary alicyclic amines) is 1. The Balaban J connectivity index is 1.38. The van der Waals surface area contributed by atoms with Crippen LogP contribution >= 0.6 is 0 Å². The minimum absolute atomic E-state index is 0.104. The minimum atomic E-state index is -0.494. The van der Waals surface area contributed by atoms with Gasteiger partial charge in [-0.2, -0.15) is 0 Å². The second-order valence-electron chi connectivity index (χ2n) is 7.80. The highest BCUT2D eigenvalue weighted by molar-refractivity contribution is 5.94. The lowest BCUT2D eigenvalue weighted by Gasteiger charge is -2.35. The van der Waals surface area contributed by atoms with Gasteiger partial charge in [-0.05, 0) is 42.8 Å². The predicted molar refractivity (Wildman–Crippen MR) is 109 cm³/mol. The van der Waals surface area contributed by atoms with Crippen molar-refractivity contribution >= 4 is 5.91 Å². The highest BCUT2D eigenvalue weighted by atomic mass is 19.1. The number of hydrogen-bond acceptors (Lipinski definition) is 4. The maximum Gasteiger partial charge on any atom is 0.256 e. The van der Waals surface area contributed by atoms with Gasteiger partial charge in [0.25, 0.3) is 5.91 Å². The lowest BCUT2D eigenvalue weighted by atomic mass is 10.0. The third kappa shape index (κ3) is 3.15. The van der Waals surface area contributed by atoms with E-state index in [4.69, 9.17) is 9.47 Å². The molecule has 0 radical (unpaired) electrons. The maximum absolute atomic E-state index is 14.1. The first kappa shape index (κ1) is 18.8. The summed E-state index contributed by atoms with van der Waals surface area (Å²) in [7, 11) is 1.64. The molecule has 30 heavy (non-hydrogen) atoms. The lowest BCUT2D eigenvalue weighted by Crippen LogP contribution is -2.45. The molecule has 5 rings (SSSR count). The SMILES string of the molecule is COc1ccc(-c2cnc3n2CC2(CCN(C(=O)c4ccccc4F)C2)OC3)cc1. The Labute approximate surface area is 173 Å². The van der Waals surface area contributed by atoms with Crippen LogP contribution in [0.3, 0.4) is 0 Å². The molecule has 3 heterocycles. The summed E-state index contributed by atoms with van der Waals surface area (Å²) in [6.07, 6.45) is 2.56. The summed E-state index contributed by atoms with van der Waals surface area (Å²) < 4.78 is 27.7. The van der Waals surface area contributed by atoms with E-state index < -0.39 is 11.4 Å². The summed E-state index contributed by atoms with van der Waals surface area (Å²) >= 11 is 0. The summed E-state index contributed by atoms with van der Waals surface area (Å²) in [5, 5.41) is 0. The number of aromatic nitrogens is 2. The largest absolute Gasteiger partial charge is 0.497 e. The number of carbonyl (C=O) groups excluding carboxylic acids is 1. The minimum Gasteiger partial charge on any atom is -0.497 e. The average Bonchev–Trinajstić information content (AvgIpc) is 3.38. The number of methoxy groups -OCH3 is 1. The third-order valence-electron chi connectivity index (χ3n) is 5.99. The van der Waals surface area contributed by atoms with Crippen LogP contribution in [-0.4, -0.2) is 46.2 Å². The van der Waals surface area contributed by atoms with Crippen molar-refractivity contribution in [3.63, 3.8) is 0 Å². The second kappa shape index (κ2) is 7.25. The molecule has 0 saturated carbocycles. The number of hydrogen-bond donors (Lipinski definition) is 0. The van der Waals surface area contributed by atoms with E-state index in [-0.39, 0.29) is 11.5 Å². The van der Waals surface area contributed by atoms with Crippen molar-refractivity contribution in [2.45, 2.75) is 25.2 Å². The van der Waals surface area contributed by atoms with Crippen LogP contribution in [0.25, 0.3) is 11.3 Å². The number of imidazole rings is 1. The van der Waals surface area contributed by atoms with Crippen LogP contribution in [0.2, 0.25) is 0 Å². The van der Waals surface area contributed by atoms with Crippen LogP contribution in [0.5, 0.6) is 5.75 Å². The summed E-state index contributed by atoms with van der Waals surface area (Å²) in [4.78, 5) is 19.0. The summed E-state index contributed by atoms with van der Waals surface area (Å²) in [6.45, 7) is 1.96. The van der Waals surface area contributed by atoms with E-state index in [0.717, 1.165) is 22.8 Å². The fourth-order valence-electron chi connectivity index (χ4n) is 4.32. The third-order valence-corrected chi connectivity index (χ3v) is 5.99. The molecule has 0 aliphatic carbocycles. The molecular weight excluding hydrogens is 385 g/mol. The van der Waals surface area contributed by atoms with Gasteiger partial charge in [0.05, 0.1) is 37.7 Å². The summed E-state index contributed by atoms with van der Waals surface area (Å²) in [5.74, 6) is 0.882. The Bertz CT molecular complexity index is 1100. The smallest absolute Gasteiger partial charge is 0.256 e. The van der Waals surface area contributed by atoms with Gasteiger partial charge in [-0.15, -0.1) is 0 Å². The highest BCUT2D eigenvalue weighted by Gasteiger charge is 2.44. The number of fused-ring (bicyclic) bond motifs is 1. The maximum atomic E-state index is 14.1. The molecular formula is C23H22FN3O3. The zero-order valence-corrected chi connectivity index (χ0v) is 16.7. The number of halogens is 1. The first-order valence-corrected chi connectivity index (χ1v) is 9.95. The zero-order valence-electron chi connectivity index (χ0n) is 16.7. The van der Waals surface area contributed by atoms with Crippen molar-refractivity contribution in [2.75, 3.05) is 20.2 Å². The fraction of sp³-hybridized carbons (Fsp3) is 0.304. The van der Waals surface area contributed by atoms with Crippen molar-refractivity contribution in [3.05, 3.63) is 71.9 Å². The molecule has 6 nitrogen and oxygen atoms in total. The van der Waals surface area contributed by atoms with Gasteiger partial charge in [-0.25, -0.2) is 9.37 Å². The first-order valence-electron chi connectivity index (χ1n) is 9.95. The van der Waals surface area contributed by atoms with Gasteiger partial charge in [-0.1, -0.05) is 12.1 Å². The highest BCUT2D eigenvalue weighted by Crippen LogP contribution is 2.36. The van der Waals surface area contributed by atoms with Crippen molar-refractivity contribution in [1.29, 1.82) is 0 Å². The molecule has 2 aliphatic rings.